The highest BCUT2D eigenvalue weighted by Gasteiger charge is 2.10. The maximum Gasteiger partial charge on any atom is 0.338 e. The standard InChI is InChI=1S/C9H11BrN2O2/c1-2-14-9(13)5-3-6(11)8(10)7(12)4-5/h3-4H,2,11-12H2,1H3. The molecule has 0 aliphatic rings. The van der Waals surface area contributed by atoms with Gasteiger partial charge in [-0.3, -0.25) is 0 Å². The van der Waals surface area contributed by atoms with Crippen LogP contribution in [-0.4, -0.2) is 12.6 Å². The van der Waals surface area contributed by atoms with Gasteiger partial charge >= 0.3 is 5.97 Å². The lowest BCUT2D eigenvalue weighted by atomic mass is 10.2. The molecule has 0 radical (unpaired) electrons. The van der Waals surface area contributed by atoms with Crippen LogP contribution in [0.2, 0.25) is 0 Å². The van der Waals surface area contributed by atoms with Gasteiger partial charge in [0.05, 0.1) is 16.6 Å². The number of hydrogen-bond donors (Lipinski definition) is 2. The first-order valence-corrected chi connectivity index (χ1v) is 4.87. The second kappa shape index (κ2) is 4.32. The van der Waals surface area contributed by atoms with Crippen LogP contribution in [0.15, 0.2) is 16.6 Å². The van der Waals surface area contributed by atoms with Crippen molar-refractivity contribution in [2.45, 2.75) is 6.92 Å². The second-order valence-electron chi connectivity index (χ2n) is 2.69. The molecule has 0 fully saturated rings. The van der Waals surface area contributed by atoms with Crippen molar-refractivity contribution in [1.82, 2.24) is 0 Å². The molecule has 0 aliphatic heterocycles. The van der Waals surface area contributed by atoms with Crippen LogP contribution in [0, 0.1) is 0 Å². The van der Waals surface area contributed by atoms with Gasteiger partial charge in [0.15, 0.2) is 0 Å². The summed E-state index contributed by atoms with van der Waals surface area (Å²) < 4.78 is 5.41. The number of anilines is 2. The van der Waals surface area contributed by atoms with Crippen LogP contribution in [0.3, 0.4) is 0 Å². The summed E-state index contributed by atoms with van der Waals surface area (Å²) in [6.45, 7) is 2.07. The minimum Gasteiger partial charge on any atom is -0.462 e. The number of hydrogen-bond acceptors (Lipinski definition) is 4. The third-order valence-corrected chi connectivity index (χ3v) is 2.56. The van der Waals surface area contributed by atoms with Gasteiger partial charge in [0.25, 0.3) is 0 Å². The van der Waals surface area contributed by atoms with Crippen molar-refractivity contribution in [3.63, 3.8) is 0 Å². The molecular formula is C9H11BrN2O2. The number of esters is 1. The van der Waals surface area contributed by atoms with Crippen molar-refractivity contribution in [2.75, 3.05) is 18.1 Å². The van der Waals surface area contributed by atoms with E-state index in [0.29, 0.717) is 28.0 Å². The first-order valence-electron chi connectivity index (χ1n) is 4.08. The lowest BCUT2D eigenvalue weighted by Crippen LogP contribution is -2.06. The number of nitrogens with two attached hydrogens (primary N) is 2. The highest BCUT2D eigenvalue weighted by Crippen LogP contribution is 2.28. The number of nitrogen functional groups attached to an aromatic ring is 2. The van der Waals surface area contributed by atoms with Gasteiger partial charge in [-0.2, -0.15) is 0 Å². The largest absolute Gasteiger partial charge is 0.462 e. The molecule has 0 spiro atoms. The van der Waals surface area contributed by atoms with Gasteiger partial charge in [-0.25, -0.2) is 4.79 Å². The summed E-state index contributed by atoms with van der Waals surface area (Å²) in [4.78, 5) is 11.3. The molecule has 0 amide bonds. The topological polar surface area (TPSA) is 78.3 Å². The van der Waals surface area contributed by atoms with E-state index in [4.69, 9.17) is 16.2 Å². The summed E-state index contributed by atoms with van der Waals surface area (Å²) in [7, 11) is 0. The zero-order chi connectivity index (χ0) is 10.7. The molecule has 1 aromatic carbocycles. The quantitative estimate of drug-likeness (QED) is 0.627. The Labute approximate surface area is 90.3 Å². The Hall–Kier alpha value is -1.23. The molecule has 1 aromatic rings. The van der Waals surface area contributed by atoms with Gasteiger partial charge in [0, 0.05) is 11.4 Å². The maximum absolute atomic E-state index is 11.3. The fourth-order valence-corrected chi connectivity index (χ4v) is 1.23. The van der Waals surface area contributed by atoms with Crippen LogP contribution in [0.25, 0.3) is 0 Å². The molecule has 0 saturated heterocycles. The SMILES string of the molecule is CCOC(=O)c1cc(N)c(Br)c(N)c1. The average molecular weight is 259 g/mol. The van der Waals surface area contributed by atoms with Crippen LogP contribution in [0.5, 0.6) is 0 Å². The van der Waals surface area contributed by atoms with Crippen LogP contribution in [0.4, 0.5) is 11.4 Å². The Kier molecular flexibility index (Phi) is 3.35. The molecule has 14 heavy (non-hydrogen) atoms. The number of halogens is 1. The van der Waals surface area contributed by atoms with E-state index in [2.05, 4.69) is 15.9 Å². The minimum absolute atomic E-state index is 0.328. The molecule has 76 valence electrons. The van der Waals surface area contributed by atoms with Gasteiger partial charge in [-0.15, -0.1) is 0 Å². The van der Waals surface area contributed by atoms with E-state index < -0.39 is 5.97 Å². The highest BCUT2D eigenvalue weighted by atomic mass is 79.9. The molecule has 0 saturated carbocycles. The molecular weight excluding hydrogens is 248 g/mol. The normalized spacial score (nSPS) is 9.86. The fraction of sp³-hybridized carbons (Fsp3) is 0.222. The summed E-state index contributed by atoms with van der Waals surface area (Å²) in [6, 6.07) is 3.05. The summed E-state index contributed by atoms with van der Waals surface area (Å²) in [5.74, 6) is -0.418. The average Bonchev–Trinajstić information content (AvgIpc) is 2.13. The minimum atomic E-state index is -0.418. The summed E-state index contributed by atoms with van der Waals surface area (Å²) in [5, 5.41) is 0. The van der Waals surface area contributed by atoms with Crippen molar-refractivity contribution in [2.24, 2.45) is 0 Å². The van der Waals surface area contributed by atoms with Crippen LogP contribution < -0.4 is 11.5 Å². The molecule has 5 heteroatoms. The predicted molar refractivity (Wildman–Crippen MR) is 58.9 cm³/mol. The van der Waals surface area contributed by atoms with Gasteiger partial charge in [0.2, 0.25) is 0 Å². The van der Waals surface area contributed by atoms with Gasteiger partial charge in [0.1, 0.15) is 0 Å². The van der Waals surface area contributed by atoms with Crippen LogP contribution >= 0.6 is 15.9 Å². The first kappa shape index (κ1) is 10.8. The van der Waals surface area contributed by atoms with E-state index >= 15 is 0 Å². The zero-order valence-electron chi connectivity index (χ0n) is 7.71. The molecule has 1 rings (SSSR count). The van der Waals surface area contributed by atoms with Crippen molar-refractivity contribution in [3.05, 3.63) is 22.2 Å². The number of ether oxygens (including phenoxy) is 1. The maximum atomic E-state index is 11.3. The molecule has 4 N–H and O–H groups in total. The molecule has 0 heterocycles. The molecule has 0 unspecified atom stereocenters. The van der Waals surface area contributed by atoms with E-state index in [-0.39, 0.29) is 0 Å². The summed E-state index contributed by atoms with van der Waals surface area (Å²) in [5.41, 5.74) is 12.5. The van der Waals surface area contributed by atoms with E-state index in [1.54, 1.807) is 6.92 Å². The van der Waals surface area contributed by atoms with Crippen molar-refractivity contribution in [1.29, 1.82) is 0 Å². The fourth-order valence-electron chi connectivity index (χ4n) is 1.00. The second-order valence-corrected chi connectivity index (χ2v) is 3.48. The monoisotopic (exact) mass is 258 g/mol. The Morgan fingerprint density at radius 1 is 1.43 bits per heavy atom. The number of rotatable bonds is 2. The Morgan fingerprint density at radius 3 is 2.36 bits per heavy atom. The Morgan fingerprint density at radius 2 is 1.93 bits per heavy atom. The van der Waals surface area contributed by atoms with Gasteiger partial charge in [-0.05, 0) is 35.0 Å². The molecule has 0 aliphatic carbocycles. The lowest BCUT2D eigenvalue weighted by molar-refractivity contribution is 0.0526. The lowest BCUT2D eigenvalue weighted by Gasteiger charge is -2.06. The number of carbonyl (C=O) groups is 1. The molecule has 0 bridgehead atoms. The molecule has 4 nitrogen and oxygen atoms in total. The van der Waals surface area contributed by atoms with Crippen LogP contribution in [-0.2, 0) is 4.74 Å². The molecule has 0 aromatic heterocycles. The number of benzene rings is 1. The molecule has 0 atom stereocenters. The van der Waals surface area contributed by atoms with E-state index in [9.17, 15) is 4.79 Å². The van der Waals surface area contributed by atoms with E-state index in [1.165, 1.54) is 12.1 Å². The van der Waals surface area contributed by atoms with Crippen molar-refractivity contribution in [3.8, 4) is 0 Å². The van der Waals surface area contributed by atoms with Crippen molar-refractivity contribution < 1.29 is 9.53 Å². The highest BCUT2D eigenvalue weighted by molar-refractivity contribution is 9.10. The van der Waals surface area contributed by atoms with E-state index in [1.807, 2.05) is 0 Å². The Balaban J connectivity index is 3.06. The van der Waals surface area contributed by atoms with Crippen molar-refractivity contribution >= 4 is 33.3 Å². The predicted octanol–water partition coefficient (Wildman–Crippen LogP) is 1.79. The third kappa shape index (κ3) is 2.17. The third-order valence-electron chi connectivity index (χ3n) is 1.64. The summed E-state index contributed by atoms with van der Waals surface area (Å²) >= 11 is 3.20. The smallest absolute Gasteiger partial charge is 0.338 e. The van der Waals surface area contributed by atoms with Crippen LogP contribution in [0.1, 0.15) is 17.3 Å². The summed E-state index contributed by atoms with van der Waals surface area (Å²) in [6.07, 6.45) is 0. The van der Waals surface area contributed by atoms with Gasteiger partial charge in [-0.1, -0.05) is 0 Å². The first-order chi connectivity index (χ1) is 6.56. The van der Waals surface area contributed by atoms with Gasteiger partial charge < -0.3 is 16.2 Å². The zero-order valence-corrected chi connectivity index (χ0v) is 9.30. The van der Waals surface area contributed by atoms with E-state index in [0.717, 1.165) is 0 Å². The number of carbonyl (C=O) groups excluding carboxylic acids is 1. The Bertz CT molecular complexity index is 343.